The number of carbonyl (C=O) groups excluding carboxylic acids is 4. The van der Waals surface area contributed by atoms with Gasteiger partial charge in [0.25, 0.3) is 0 Å². The Morgan fingerprint density at radius 2 is 1.41 bits per heavy atom. The Balaban J connectivity index is 3.05. The van der Waals surface area contributed by atoms with Gasteiger partial charge in [0, 0.05) is 19.4 Å². The molecule has 0 aromatic rings. The van der Waals surface area contributed by atoms with Gasteiger partial charge in [-0.2, -0.15) is 0 Å². The average Bonchev–Trinajstić information content (AvgIpc) is 3.22. The molecule has 9 N–H and O–H groups in total. The van der Waals surface area contributed by atoms with E-state index in [1.54, 1.807) is 0 Å². The van der Waals surface area contributed by atoms with Gasteiger partial charge in [0.15, 0.2) is 0 Å². The fraction of sp³-hybridized carbons (Fsp3) is 0.632. The minimum Gasteiger partial charge on any atom is -0.481 e. The molecule has 1 aliphatic heterocycles. The number of amides is 4. The van der Waals surface area contributed by atoms with E-state index in [2.05, 4.69) is 10.6 Å². The molecule has 0 aromatic heterocycles. The van der Waals surface area contributed by atoms with Gasteiger partial charge in [0.2, 0.25) is 23.6 Å². The number of carboxylic acids is 3. The van der Waals surface area contributed by atoms with Crippen molar-refractivity contribution in [2.75, 3.05) is 6.54 Å². The number of carbonyl (C=O) groups is 7. The van der Waals surface area contributed by atoms with Crippen molar-refractivity contribution in [3.05, 3.63) is 0 Å². The molecule has 1 fully saturated rings. The molecule has 1 saturated heterocycles. The Kier molecular flexibility index (Phi) is 10.9. The lowest BCUT2D eigenvalue weighted by Gasteiger charge is -2.28. The highest BCUT2D eigenvalue weighted by molar-refractivity contribution is 5.95. The standard InChI is InChI=1S/C19H29N5O10/c20-9(8-13(21)25)16(30)22-10(3-5-14(26)27)17(31)23-11(4-6-15(28)29)18(32)24-7-1-2-12(24)19(33)34/h9-12H,1-8,20H2,(H2,21,25)(H,22,30)(H,23,31)(H,26,27)(H,28,29)(H,33,34). The Morgan fingerprint density at radius 1 is 0.882 bits per heavy atom. The molecule has 15 heteroatoms. The molecule has 1 aliphatic rings. The number of hydrogen-bond acceptors (Lipinski definition) is 8. The number of primary amides is 1. The highest BCUT2D eigenvalue weighted by atomic mass is 16.4. The highest BCUT2D eigenvalue weighted by Gasteiger charge is 2.38. The van der Waals surface area contributed by atoms with Crippen molar-refractivity contribution in [2.24, 2.45) is 11.5 Å². The van der Waals surface area contributed by atoms with Crippen LogP contribution in [0.3, 0.4) is 0 Å². The molecule has 0 saturated carbocycles. The zero-order valence-corrected chi connectivity index (χ0v) is 18.3. The fourth-order valence-electron chi connectivity index (χ4n) is 3.41. The van der Waals surface area contributed by atoms with Crippen LogP contribution in [0.2, 0.25) is 0 Å². The van der Waals surface area contributed by atoms with Crippen LogP contribution in [0, 0.1) is 0 Å². The first kappa shape index (κ1) is 28.3. The molecule has 4 amide bonds. The van der Waals surface area contributed by atoms with Crippen LogP contribution >= 0.6 is 0 Å². The first-order valence-electron chi connectivity index (χ1n) is 10.4. The number of nitrogens with one attached hydrogen (secondary N) is 2. The lowest BCUT2D eigenvalue weighted by molar-refractivity contribution is -0.150. The maximum atomic E-state index is 13.0. The summed E-state index contributed by atoms with van der Waals surface area (Å²) in [6.07, 6.45) is -1.80. The molecule has 0 spiro atoms. The van der Waals surface area contributed by atoms with Crippen LogP contribution in [0.5, 0.6) is 0 Å². The Hall–Kier alpha value is -3.75. The second kappa shape index (κ2) is 13.1. The summed E-state index contributed by atoms with van der Waals surface area (Å²) in [4.78, 5) is 83.4. The predicted octanol–water partition coefficient (Wildman–Crippen LogP) is -3.04. The SMILES string of the molecule is NC(=O)CC(N)C(=O)NC(CCC(=O)O)C(=O)NC(CCC(=O)O)C(=O)N1CCCC1C(=O)O. The van der Waals surface area contributed by atoms with Gasteiger partial charge >= 0.3 is 17.9 Å². The Bertz CT molecular complexity index is 832. The lowest BCUT2D eigenvalue weighted by Crippen LogP contribution is -2.57. The van der Waals surface area contributed by atoms with Crippen molar-refractivity contribution < 1.29 is 48.9 Å². The normalized spacial score (nSPS) is 17.8. The quantitative estimate of drug-likeness (QED) is 0.129. The molecule has 190 valence electrons. The summed E-state index contributed by atoms with van der Waals surface area (Å²) in [6.45, 7) is 0.0936. The van der Waals surface area contributed by atoms with Crippen molar-refractivity contribution in [1.82, 2.24) is 15.5 Å². The van der Waals surface area contributed by atoms with Gasteiger partial charge in [-0.25, -0.2) is 4.79 Å². The Morgan fingerprint density at radius 3 is 1.91 bits per heavy atom. The van der Waals surface area contributed by atoms with Crippen molar-refractivity contribution in [2.45, 2.75) is 69.1 Å². The predicted molar refractivity (Wildman–Crippen MR) is 112 cm³/mol. The van der Waals surface area contributed by atoms with Crippen LogP contribution in [-0.2, 0) is 33.6 Å². The van der Waals surface area contributed by atoms with E-state index in [4.69, 9.17) is 21.7 Å². The van der Waals surface area contributed by atoms with Crippen LogP contribution in [-0.4, -0.2) is 92.5 Å². The first-order chi connectivity index (χ1) is 15.8. The minimum atomic E-state index is -1.49. The third kappa shape index (κ3) is 9.01. The summed E-state index contributed by atoms with van der Waals surface area (Å²) < 4.78 is 0. The van der Waals surface area contributed by atoms with Crippen molar-refractivity contribution in [1.29, 1.82) is 0 Å². The molecular weight excluding hydrogens is 458 g/mol. The van der Waals surface area contributed by atoms with Gasteiger partial charge in [-0.3, -0.25) is 28.8 Å². The molecule has 34 heavy (non-hydrogen) atoms. The zero-order chi connectivity index (χ0) is 26.0. The van der Waals surface area contributed by atoms with E-state index in [1.807, 2.05) is 0 Å². The van der Waals surface area contributed by atoms with Crippen LogP contribution in [0.15, 0.2) is 0 Å². The summed E-state index contributed by atoms with van der Waals surface area (Å²) in [6, 6.07) is -5.47. The smallest absolute Gasteiger partial charge is 0.326 e. The fourth-order valence-corrected chi connectivity index (χ4v) is 3.41. The third-order valence-electron chi connectivity index (χ3n) is 5.12. The number of nitrogens with two attached hydrogens (primary N) is 2. The molecular formula is C19H29N5O10. The zero-order valence-electron chi connectivity index (χ0n) is 18.3. The summed E-state index contributed by atoms with van der Waals surface area (Å²) >= 11 is 0. The number of nitrogens with zero attached hydrogens (tertiary/aromatic N) is 1. The van der Waals surface area contributed by atoms with Crippen LogP contribution in [0.4, 0.5) is 0 Å². The number of aliphatic carboxylic acids is 3. The maximum absolute atomic E-state index is 13.0. The van der Waals surface area contributed by atoms with E-state index in [0.717, 1.165) is 4.90 Å². The second-order valence-corrected chi connectivity index (χ2v) is 7.79. The molecule has 0 bridgehead atoms. The van der Waals surface area contributed by atoms with E-state index < -0.39 is 91.4 Å². The molecule has 0 aliphatic carbocycles. The van der Waals surface area contributed by atoms with Gasteiger partial charge in [-0.1, -0.05) is 0 Å². The van der Waals surface area contributed by atoms with Crippen molar-refractivity contribution >= 4 is 41.5 Å². The van der Waals surface area contributed by atoms with E-state index in [0.29, 0.717) is 6.42 Å². The molecule has 1 rings (SSSR count). The second-order valence-electron chi connectivity index (χ2n) is 7.79. The van der Waals surface area contributed by atoms with E-state index >= 15 is 0 Å². The number of rotatable bonds is 14. The van der Waals surface area contributed by atoms with Crippen LogP contribution < -0.4 is 22.1 Å². The van der Waals surface area contributed by atoms with Crippen LogP contribution in [0.25, 0.3) is 0 Å². The molecule has 0 radical (unpaired) electrons. The average molecular weight is 487 g/mol. The van der Waals surface area contributed by atoms with E-state index in [9.17, 15) is 38.7 Å². The molecule has 4 atom stereocenters. The van der Waals surface area contributed by atoms with Gasteiger partial charge in [-0.15, -0.1) is 0 Å². The largest absolute Gasteiger partial charge is 0.481 e. The lowest BCUT2D eigenvalue weighted by atomic mass is 10.1. The third-order valence-corrected chi connectivity index (χ3v) is 5.12. The van der Waals surface area contributed by atoms with Crippen LogP contribution in [0.1, 0.15) is 44.9 Å². The molecule has 0 aromatic carbocycles. The summed E-state index contributed by atoms with van der Waals surface area (Å²) in [7, 11) is 0. The van der Waals surface area contributed by atoms with E-state index in [-0.39, 0.29) is 19.4 Å². The molecule has 1 heterocycles. The molecule has 4 unspecified atom stereocenters. The Labute approximate surface area is 193 Å². The van der Waals surface area contributed by atoms with E-state index in [1.165, 1.54) is 0 Å². The number of likely N-dealkylation sites (tertiary alicyclic amines) is 1. The first-order valence-corrected chi connectivity index (χ1v) is 10.4. The number of carboxylic acid groups (broad SMARTS) is 3. The number of hydrogen-bond donors (Lipinski definition) is 7. The highest BCUT2D eigenvalue weighted by Crippen LogP contribution is 2.20. The van der Waals surface area contributed by atoms with Crippen molar-refractivity contribution in [3.63, 3.8) is 0 Å². The summed E-state index contributed by atoms with van der Waals surface area (Å²) in [5, 5.41) is 31.7. The maximum Gasteiger partial charge on any atom is 0.326 e. The van der Waals surface area contributed by atoms with Gasteiger partial charge in [-0.05, 0) is 25.7 Å². The topological polar surface area (TPSA) is 260 Å². The monoisotopic (exact) mass is 487 g/mol. The summed E-state index contributed by atoms with van der Waals surface area (Å²) in [5.41, 5.74) is 10.5. The van der Waals surface area contributed by atoms with Gasteiger partial charge < -0.3 is 42.3 Å². The van der Waals surface area contributed by atoms with Gasteiger partial charge in [0.05, 0.1) is 12.5 Å². The summed E-state index contributed by atoms with van der Waals surface area (Å²) in [5.74, 6) is -7.46. The van der Waals surface area contributed by atoms with Crippen molar-refractivity contribution in [3.8, 4) is 0 Å². The minimum absolute atomic E-state index is 0.0936. The molecule has 15 nitrogen and oxygen atoms in total. The van der Waals surface area contributed by atoms with Gasteiger partial charge in [0.1, 0.15) is 18.1 Å².